The van der Waals surface area contributed by atoms with Crippen LogP contribution in [-0.4, -0.2) is 37.6 Å². The van der Waals surface area contributed by atoms with Crippen molar-refractivity contribution in [2.24, 2.45) is 0 Å². The predicted molar refractivity (Wildman–Crippen MR) is 61.4 cm³/mol. The number of ether oxygens (including phenoxy) is 3. The van der Waals surface area contributed by atoms with Gasteiger partial charge in [-0.2, -0.15) is 0 Å². The fourth-order valence-corrected chi connectivity index (χ4v) is 1.20. The Morgan fingerprint density at radius 3 is 2.00 bits per heavy atom. The molecule has 1 N–H and O–H groups in total. The molecule has 0 aliphatic carbocycles. The molecule has 1 amide bonds. The summed E-state index contributed by atoms with van der Waals surface area (Å²) in [7, 11) is 2.54. The van der Waals surface area contributed by atoms with Crippen molar-refractivity contribution < 1.29 is 23.8 Å². The second kappa shape index (κ2) is 5.86. The van der Waals surface area contributed by atoms with Crippen molar-refractivity contribution >= 4 is 12.1 Å². The Morgan fingerprint density at radius 1 is 1.18 bits per heavy atom. The van der Waals surface area contributed by atoms with E-state index < -0.39 is 23.4 Å². The van der Waals surface area contributed by atoms with Crippen molar-refractivity contribution in [3.63, 3.8) is 0 Å². The first kappa shape index (κ1) is 15.7. The van der Waals surface area contributed by atoms with E-state index in [1.807, 2.05) is 0 Å². The van der Waals surface area contributed by atoms with Gasteiger partial charge in [-0.25, -0.2) is 9.59 Å². The second-order valence-corrected chi connectivity index (χ2v) is 4.50. The van der Waals surface area contributed by atoms with E-state index in [4.69, 9.17) is 9.47 Å². The molecular weight excluding hydrogens is 226 g/mol. The summed E-state index contributed by atoms with van der Waals surface area (Å²) in [6, 6.07) is 0. The molecule has 0 radical (unpaired) electrons. The van der Waals surface area contributed by atoms with Crippen LogP contribution < -0.4 is 5.32 Å². The molecule has 6 heteroatoms. The van der Waals surface area contributed by atoms with Crippen LogP contribution in [0, 0.1) is 0 Å². The minimum Gasteiger partial charge on any atom is -0.465 e. The summed E-state index contributed by atoms with van der Waals surface area (Å²) >= 11 is 0. The number of carbonyl (C=O) groups is 2. The topological polar surface area (TPSA) is 73.9 Å². The molecule has 0 aliphatic heterocycles. The molecule has 0 aromatic heterocycles. The number of nitrogens with one attached hydrogen (secondary N) is 1. The van der Waals surface area contributed by atoms with Crippen molar-refractivity contribution in [3.05, 3.63) is 0 Å². The van der Waals surface area contributed by atoms with Crippen molar-refractivity contribution in [1.82, 2.24) is 5.32 Å². The van der Waals surface area contributed by atoms with Crippen LogP contribution in [0.5, 0.6) is 0 Å². The second-order valence-electron chi connectivity index (χ2n) is 4.50. The van der Waals surface area contributed by atoms with Gasteiger partial charge in [-0.1, -0.05) is 6.92 Å². The fraction of sp³-hybridized carbons (Fsp3) is 0.818. The normalized spacial score (nSPS) is 14.7. The zero-order chi connectivity index (χ0) is 13.7. The maximum atomic E-state index is 11.6. The van der Waals surface area contributed by atoms with Gasteiger partial charge < -0.3 is 14.2 Å². The van der Waals surface area contributed by atoms with E-state index in [0.717, 1.165) is 0 Å². The molecule has 0 fully saturated rings. The molecule has 0 rings (SSSR count). The third-order valence-corrected chi connectivity index (χ3v) is 2.06. The summed E-state index contributed by atoms with van der Waals surface area (Å²) in [6.45, 7) is 6.87. The van der Waals surface area contributed by atoms with Crippen LogP contribution in [0.3, 0.4) is 0 Å². The highest BCUT2D eigenvalue weighted by molar-refractivity contribution is 5.84. The first-order valence-corrected chi connectivity index (χ1v) is 5.35. The fourth-order valence-electron chi connectivity index (χ4n) is 1.20. The molecule has 1 atom stereocenters. The quantitative estimate of drug-likeness (QED) is 0.601. The molecular formula is C11H21NO5. The number of carbonyl (C=O) groups excluding carboxylic acids is 2. The largest absolute Gasteiger partial charge is 0.465 e. The smallest absolute Gasteiger partial charge is 0.410 e. The SMILES string of the molecule is CCC(NC(=O)OC(C)(C)C)(OC)C(=O)OC. The van der Waals surface area contributed by atoms with E-state index in [1.54, 1.807) is 27.7 Å². The molecule has 0 aliphatic rings. The highest BCUT2D eigenvalue weighted by atomic mass is 16.6. The molecule has 1 unspecified atom stereocenters. The lowest BCUT2D eigenvalue weighted by atomic mass is 10.1. The van der Waals surface area contributed by atoms with Crippen molar-refractivity contribution in [2.45, 2.75) is 45.4 Å². The van der Waals surface area contributed by atoms with Crippen molar-refractivity contribution in [2.75, 3.05) is 14.2 Å². The van der Waals surface area contributed by atoms with Crippen LogP contribution in [0.4, 0.5) is 4.79 Å². The summed E-state index contributed by atoms with van der Waals surface area (Å²) in [5, 5.41) is 2.38. The lowest BCUT2D eigenvalue weighted by molar-refractivity contribution is -0.170. The molecule has 17 heavy (non-hydrogen) atoms. The number of amides is 1. The summed E-state index contributed by atoms with van der Waals surface area (Å²) in [5.41, 5.74) is -2.15. The Hall–Kier alpha value is -1.30. The third kappa shape index (κ3) is 4.60. The molecule has 100 valence electrons. The van der Waals surface area contributed by atoms with E-state index in [-0.39, 0.29) is 6.42 Å². The van der Waals surface area contributed by atoms with Gasteiger partial charge in [-0.15, -0.1) is 0 Å². The van der Waals surface area contributed by atoms with Crippen molar-refractivity contribution in [3.8, 4) is 0 Å². The molecule has 6 nitrogen and oxygen atoms in total. The number of rotatable bonds is 4. The van der Waals surface area contributed by atoms with Gasteiger partial charge in [0.25, 0.3) is 0 Å². The van der Waals surface area contributed by atoms with Gasteiger partial charge in [0, 0.05) is 13.5 Å². The molecule has 0 spiro atoms. The van der Waals surface area contributed by atoms with Gasteiger partial charge in [-0.3, -0.25) is 5.32 Å². The van der Waals surface area contributed by atoms with Crippen LogP contribution in [0.2, 0.25) is 0 Å². The molecule has 0 aromatic carbocycles. The van der Waals surface area contributed by atoms with Crippen LogP contribution in [0.15, 0.2) is 0 Å². The molecule has 0 heterocycles. The Morgan fingerprint density at radius 2 is 1.71 bits per heavy atom. The van der Waals surface area contributed by atoms with Gasteiger partial charge in [0.1, 0.15) is 5.60 Å². The van der Waals surface area contributed by atoms with Crippen LogP contribution in [0.1, 0.15) is 34.1 Å². The number of hydrogen-bond acceptors (Lipinski definition) is 5. The van der Waals surface area contributed by atoms with E-state index in [2.05, 4.69) is 10.1 Å². The number of alkyl carbamates (subject to hydrolysis) is 1. The summed E-state index contributed by atoms with van der Waals surface area (Å²) in [4.78, 5) is 23.2. The minimum atomic E-state index is -1.50. The predicted octanol–water partition coefficient (Wildman–Crippen LogP) is 1.44. The van der Waals surface area contributed by atoms with Crippen LogP contribution >= 0.6 is 0 Å². The lowest BCUT2D eigenvalue weighted by Crippen LogP contribution is -2.57. The van der Waals surface area contributed by atoms with Crippen LogP contribution in [0.25, 0.3) is 0 Å². The van der Waals surface area contributed by atoms with Gasteiger partial charge in [-0.05, 0) is 20.8 Å². The highest BCUT2D eigenvalue weighted by Gasteiger charge is 2.41. The number of methoxy groups -OCH3 is 2. The maximum absolute atomic E-state index is 11.6. The molecule has 0 aromatic rings. The summed E-state index contributed by atoms with van der Waals surface area (Å²) in [5.74, 6) is -0.673. The van der Waals surface area contributed by atoms with Gasteiger partial charge >= 0.3 is 12.1 Å². The lowest BCUT2D eigenvalue weighted by Gasteiger charge is -2.30. The first-order chi connectivity index (χ1) is 7.70. The highest BCUT2D eigenvalue weighted by Crippen LogP contribution is 2.15. The Labute approximate surface area is 102 Å². The third-order valence-electron chi connectivity index (χ3n) is 2.06. The van der Waals surface area contributed by atoms with E-state index in [9.17, 15) is 9.59 Å². The van der Waals surface area contributed by atoms with Gasteiger partial charge in [0.2, 0.25) is 5.72 Å². The molecule has 0 bridgehead atoms. The summed E-state index contributed by atoms with van der Waals surface area (Å²) in [6.07, 6.45) is -0.498. The van der Waals surface area contributed by atoms with Crippen molar-refractivity contribution in [1.29, 1.82) is 0 Å². The monoisotopic (exact) mass is 247 g/mol. The molecule has 0 saturated carbocycles. The standard InChI is InChI=1S/C11H21NO5/c1-7-11(16-6,8(13)15-5)12-9(14)17-10(2,3)4/h7H2,1-6H3,(H,12,14). The zero-order valence-electron chi connectivity index (χ0n) is 11.2. The number of esters is 1. The Kier molecular flexibility index (Phi) is 5.41. The van der Waals surface area contributed by atoms with Crippen LogP contribution in [-0.2, 0) is 19.0 Å². The minimum absolute atomic E-state index is 0.232. The first-order valence-electron chi connectivity index (χ1n) is 5.35. The Bertz CT molecular complexity index is 278. The zero-order valence-corrected chi connectivity index (χ0v) is 11.2. The van der Waals surface area contributed by atoms with E-state index >= 15 is 0 Å². The van der Waals surface area contributed by atoms with E-state index in [0.29, 0.717) is 0 Å². The van der Waals surface area contributed by atoms with Gasteiger partial charge in [0.15, 0.2) is 0 Å². The summed E-state index contributed by atoms with van der Waals surface area (Å²) < 4.78 is 14.7. The average Bonchev–Trinajstić information content (AvgIpc) is 2.22. The maximum Gasteiger partial charge on any atom is 0.410 e. The number of hydrogen-bond donors (Lipinski definition) is 1. The van der Waals surface area contributed by atoms with Gasteiger partial charge in [0.05, 0.1) is 7.11 Å². The molecule has 0 saturated heterocycles. The average molecular weight is 247 g/mol. The van der Waals surface area contributed by atoms with E-state index in [1.165, 1.54) is 14.2 Å². The Balaban J connectivity index is 4.77.